The van der Waals surface area contributed by atoms with Crippen LogP contribution in [0, 0.1) is 0 Å². The van der Waals surface area contributed by atoms with Gasteiger partial charge in [-0.1, -0.05) is 25.3 Å². The number of morpholine rings is 1. The van der Waals surface area contributed by atoms with Crippen molar-refractivity contribution in [2.24, 2.45) is 0 Å². The molecule has 6 heteroatoms. The second-order valence-corrected chi connectivity index (χ2v) is 8.09. The first-order chi connectivity index (χ1) is 13.3. The van der Waals surface area contributed by atoms with Gasteiger partial charge in [0.05, 0.1) is 19.8 Å². The van der Waals surface area contributed by atoms with Crippen LogP contribution in [-0.4, -0.2) is 59.0 Å². The van der Waals surface area contributed by atoms with Crippen molar-refractivity contribution >= 4 is 5.91 Å². The van der Waals surface area contributed by atoms with Crippen molar-refractivity contribution in [1.29, 1.82) is 0 Å². The molecule has 6 nitrogen and oxygen atoms in total. The van der Waals surface area contributed by atoms with Crippen LogP contribution < -0.4 is 5.32 Å². The summed E-state index contributed by atoms with van der Waals surface area (Å²) in [5, 5.41) is 8.61. The van der Waals surface area contributed by atoms with Crippen LogP contribution in [0.4, 0.5) is 0 Å². The van der Waals surface area contributed by atoms with E-state index in [0.29, 0.717) is 50.6 Å². The van der Waals surface area contributed by atoms with Gasteiger partial charge in [-0.2, -0.15) is 5.10 Å². The smallest absolute Gasteiger partial charge is 0.274 e. The van der Waals surface area contributed by atoms with Gasteiger partial charge in [0.2, 0.25) is 0 Å². The standard InChI is InChI=1S/C21H32N4O2/c1-2-10-25-19-9-8-17(22-16-6-4-3-5-7-16)15-18(19)20(23-25)21(26)24-11-13-27-14-12-24/h2,16-17,22H,1,3-15H2/t17-/m1/s1. The molecule has 0 unspecified atom stereocenters. The van der Waals surface area contributed by atoms with Gasteiger partial charge in [0.25, 0.3) is 5.91 Å². The van der Waals surface area contributed by atoms with Crippen molar-refractivity contribution in [2.45, 2.75) is 70.0 Å². The monoisotopic (exact) mass is 372 g/mol. The maximum Gasteiger partial charge on any atom is 0.274 e. The second-order valence-electron chi connectivity index (χ2n) is 8.09. The van der Waals surface area contributed by atoms with E-state index in [4.69, 9.17) is 9.84 Å². The van der Waals surface area contributed by atoms with E-state index in [1.165, 1.54) is 37.8 Å². The van der Waals surface area contributed by atoms with E-state index in [2.05, 4.69) is 11.9 Å². The SMILES string of the molecule is C=CCn1nc(C(=O)N2CCOCC2)c2c1CC[C@@H](NC1CCCCC1)C2. The number of allylic oxidation sites excluding steroid dienone is 1. The Labute approximate surface area is 161 Å². The molecular formula is C21H32N4O2. The summed E-state index contributed by atoms with van der Waals surface area (Å²) in [5.41, 5.74) is 3.05. The quantitative estimate of drug-likeness (QED) is 0.806. The lowest BCUT2D eigenvalue weighted by Gasteiger charge is -2.31. The Morgan fingerprint density at radius 3 is 2.70 bits per heavy atom. The normalized spacial score (nSPS) is 23.9. The molecule has 148 valence electrons. The van der Waals surface area contributed by atoms with Gasteiger partial charge in [-0.05, 0) is 32.1 Å². The predicted molar refractivity (Wildman–Crippen MR) is 105 cm³/mol. The summed E-state index contributed by atoms with van der Waals surface area (Å²) in [6.45, 7) is 7.08. The molecule has 0 bridgehead atoms. The van der Waals surface area contributed by atoms with E-state index in [1.54, 1.807) is 0 Å². The average molecular weight is 373 g/mol. The summed E-state index contributed by atoms with van der Waals surface area (Å²) in [4.78, 5) is 15.0. The van der Waals surface area contributed by atoms with Gasteiger partial charge in [0, 0.05) is 36.4 Å². The minimum Gasteiger partial charge on any atom is -0.378 e. The lowest BCUT2D eigenvalue weighted by molar-refractivity contribution is 0.0297. The second kappa shape index (κ2) is 8.57. The van der Waals surface area contributed by atoms with Crippen LogP contribution in [0.3, 0.4) is 0 Å². The number of rotatable bonds is 5. The molecule has 1 saturated heterocycles. The van der Waals surface area contributed by atoms with Crippen molar-refractivity contribution in [3.63, 3.8) is 0 Å². The first-order valence-corrected chi connectivity index (χ1v) is 10.6. The summed E-state index contributed by atoms with van der Waals surface area (Å²) in [7, 11) is 0. The summed E-state index contributed by atoms with van der Waals surface area (Å²) in [5.74, 6) is 0.0654. The van der Waals surface area contributed by atoms with E-state index in [-0.39, 0.29) is 5.91 Å². The minimum absolute atomic E-state index is 0.0654. The van der Waals surface area contributed by atoms with Crippen molar-refractivity contribution in [2.75, 3.05) is 26.3 Å². The Balaban J connectivity index is 1.53. The number of carbonyl (C=O) groups is 1. The van der Waals surface area contributed by atoms with Crippen LogP contribution in [0.5, 0.6) is 0 Å². The highest BCUT2D eigenvalue weighted by Crippen LogP contribution is 2.28. The van der Waals surface area contributed by atoms with E-state index in [9.17, 15) is 4.79 Å². The van der Waals surface area contributed by atoms with Gasteiger partial charge in [-0.3, -0.25) is 9.48 Å². The lowest BCUT2D eigenvalue weighted by atomic mass is 9.88. The molecule has 1 aromatic heterocycles. The molecule has 1 amide bonds. The number of hydrogen-bond donors (Lipinski definition) is 1. The Kier molecular flexibility index (Phi) is 5.93. The first kappa shape index (κ1) is 18.7. The summed E-state index contributed by atoms with van der Waals surface area (Å²) < 4.78 is 7.39. The molecule has 1 aromatic rings. The Hall–Kier alpha value is -1.66. The number of nitrogens with zero attached hydrogens (tertiary/aromatic N) is 3. The molecule has 2 heterocycles. The molecule has 2 aliphatic carbocycles. The van der Waals surface area contributed by atoms with Gasteiger partial charge in [0.1, 0.15) is 0 Å². The number of amides is 1. The zero-order chi connectivity index (χ0) is 18.6. The molecule has 1 saturated carbocycles. The highest BCUT2D eigenvalue weighted by molar-refractivity contribution is 5.94. The molecule has 0 radical (unpaired) electrons. The van der Waals surface area contributed by atoms with E-state index >= 15 is 0 Å². The van der Waals surface area contributed by atoms with Gasteiger partial charge in [-0.15, -0.1) is 6.58 Å². The van der Waals surface area contributed by atoms with E-state index < -0.39 is 0 Å². The zero-order valence-electron chi connectivity index (χ0n) is 16.3. The van der Waals surface area contributed by atoms with Gasteiger partial charge < -0.3 is 15.0 Å². The summed E-state index contributed by atoms with van der Waals surface area (Å²) in [6.07, 6.45) is 11.5. The number of aromatic nitrogens is 2. The topological polar surface area (TPSA) is 59.4 Å². The molecule has 0 spiro atoms. The third-order valence-corrected chi connectivity index (χ3v) is 6.23. The molecule has 0 aromatic carbocycles. The van der Waals surface area contributed by atoms with Crippen LogP contribution in [-0.2, 0) is 24.1 Å². The van der Waals surface area contributed by atoms with E-state index in [0.717, 1.165) is 24.8 Å². The maximum atomic E-state index is 13.1. The van der Waals surface area contributed by atoms with Crippen LogP contribution in [0.15, 0.2) is 12.7 Å². The van der Waals surface area contributed by atoms with Crippen LogP contribution in [0.2, 0.25) is 0 Å². The molecule has 3 aliphatic rings. The zero-order valence-corrected chi connectivity index (χ0v) is 16.3. The lowest BCUT2D eigenvalue weighted by Crippen LogP contribution is -2.43. The number of nitrogens with one attached hydrogen (secondary N) is 1. The van der Waals surface area contributed by atoms with Crippen LogP contribution in [0.25, 0.3) is 0 Å². The van der Waals surface area contributed by atoms with Crippen LogP contribution in [0.1, 0.15) is 60.3 Å². The van der Waals surface area contributed by atoms with Crippen molar-refractivity contribution < 1.29 is 9.53 Å². The van der Waals surface area contributed by atoms with Gasteiger partial charge >= 0.3 is 0 Å². The first-order valence-electron chi connectivity index (χ1n) is 10.6. The maximum absolute atomic E-state index is 13.1. The van der Waals surface area contributed by atoms with Crippen molar-refractivity contribution in [3.05, 3.63) is 29.6 Å². The molecule has 1 N–H and O–H groups in total. The van der Waals surface area contributed by atoms with Crippen LogP contribution >= 0.6 is 0 Å². The third-order valence-electron chi connectivity index (χ3n) is 6.23. The summed E-state index contributed by atoms with van der Waals surface area (Å²) >= 11 is 0. The molecular weight excluding hydrogens is 340 g/mol. The average Bonchev–Trinajstić information content (AvgIpc) is 3.07. The fourth-order valence-corrected chi connectivity index (χ4v) is 4.79. The Morgan fingerprint density at radius 1 is 1.19 bits per heavy atom. The number of ether oxygens (including phenoxy) is 1. The fraction of sp³-hybridized carbons (Fsp3) is 0.714. The number of hydrogen-bond acceptors (Lipinski definition) is 4. The molecule has 27 heavy (non-hydrogen) atoms. The summed E-state index contributed by atoms with van der Waals surface area (Å²) in [6, 6.07) is 1.10. The highest BCUT2D eigenvalue weighted by atomic mass is 16.5. The molecule has 2 fully saturated rings. The molecule has 1 atom stereocenters. The Bertz CT molecular complexity index is 672. The predicted octanol–water partition coefficient (Wildman–Crippen LogP) is 2.32. The fourth-order valence-electron chi connectivity index (χ4n) is 4.79. The number of fused-ring (bicyclic) bond motifs is 1. The van der Waals surface area contributed by atoms with Crippen molar-refractivity contribution in [1.82, 2.24) is 20.0 Å². The largest absolute Gasteiger partial charge is 0.378 e. The molecule has 4 rings (SSSR count). The van der Waals surface area contributed by atoms with E-state index in [1.807, 2.05) is 15.7 Å². The highest BCUT2D eigenvalue weighted by Gasteiger charge is 2.32. The van der Waals surface area contributed by atoms with Crippen molar-refractivity contribution in [3.8, 4) is 0 Å². The number of carbonyl (C=O) groups excluding carboxylic acids is 1. The molecule has 1 aliphatic heterocycles. The Morgan fingerprint density at radius 2 is 1.96 bits per heavy atom. The van der Waals surface area contributed by atoms with Gasteiger partial charge in [0.15, 0.2) is 5.69 Å². The van der Waals surface area contributed by atoms with Gasteiger partial charge in [-0.25, -0.2) is 0 Å². The third kappa shape index (κ3) is 4.11. The minimum atomic E-state index is 0.0654.